The first kappa shape index (κ1) is 23.4. The molecule has 0 saturated carbocycles. The van der Waals surface area contributed by atoms with E-state index in [0.717, 1.165) is 36.4 Å². The van der Waals surface area contributed by atoms with Gasteiger partial charge in [-0.15, -0.1) is 11.3 Å². The van der Waals surface area contributed by atoms with Gasteiger partial charge in [0, 0.05) is 30.6 Å². The lowest BCUT2D eigenvalue weighted by atomic mass is 10.2. The first-order valence-electron chi connectivity index (χ1n) is 10.4. The Morgan fingerprint density at radius 1 is 1.26 bits per heavy atom. The second kappa shape index (κ2) is 10.8. The number of rotatable bonds is 8. The van der Waals surface area contributed by atoms with Crippen LogP contribution in [0.4, 0.5) is 5.69 Å². The fraction of sp³-hybridized carbons (Fsp3) is 0.476. The highest BCUT2D eigenvalue weighted by molar-refractivity contribution is 7.90. The number of nitrogens with zero attached hydrogens (tertiary/aromatic N) is 3. The summed E-state index contributed by atoms with van der Waals surface area (Å²) < 4.78 is 28.1. The molecule has 1 amide bonds. The Bertz CT molecular complexity index is 1030. The Labute approximate surface area is 187 Å². The highest BCUT2D eigenvalue weighted by Gasteiger charge is 2.18. The van der Waals surface area contributed by atoms with Crippen LogP contribution in [0.2, 0.25) is 0 Å². The maximum absolute atomic E-state index is 12.7. The second-order valence-corrected chi connectivity index (χ2v) is 10.2. The summed E-state index contributed by atoms with van der Waals surface area (Å²) in [6.07, 6.45) is 4.47. The van der Waals surface area contributed by atoms with Gasteiger partial charge in [0.25, 0.3) is 10.0 Å². The molecule has 0 atom stereocenters. The summed E-state index contributed by atoms with van der Waals surface area (Å²) in [6, 6.07) is 6.26. The standard InChI is InChI=1S/C21H29N5O3S2/c1-3-21-24-17(15-30-21)13-26(2)14-20(27)23-16-8-7-9-18(12-16)31(28,29)25-19-10-5-4-6-11-22-19/h7-9,12,15H,3-6,10-11,13-14H2,1-2H3,(H,22,25)(H,23,27). The van der Waals surface area contributed by atoms with Crippen molar-refractivity contribution in [1.29, 1.82) is 0 Å². The lowest BCUT2D eigenvalue weighted by Crippen LogP contribution is -2.31. The molecule has 168 valence electrons. The molecule has 10 heteroatoms. The van der Waals surface area contributed by atoms with Crippen LogP contribution < -0.4 is 10.0 Å². The third kappa shape index (κ3) is 7.12. The van der Waals surface area contributed by atoms with E-state index in [1.165, 1.54) is 12.1 Å². The summed E-state index contributed by atoms with van der Waals surface area (Å²) in [6.45, 7) is 3.45. The van der Waals surface area contributed by atoms with Gasteiger partial charge in [-0.2, -0.15) is 0 Å². The highest BCUT2D eigenvalue weighted by atomic mass is 32.2. The Balaban J connectivity index is 1.58. The summed E-state index contributed by atoms with van der Waals surface area (Å²) in [5, 5.41) is 5.87. The number of nitrogens with one attached hydrogen (secondary N) is 2. The van der Waals surface area contributed by atoms with Gasteiger partial charge in [-0.1, -0.05) is 19.4 Å². The van der Waals surface area contributed by atoms with Crippen LogP contribution in [0.25, 0.3) is 0 Å². The van der Waals surface area contributed by atoms with Crippen LogP contribution in [0.3, 0.4) is 0 Å². The molecule has 31 heavy (non-hydrogen) atoms. The third-order valence-corrected chi connectivity index (χ3v) is 7.22. The minimum Gasteiger partial charge on any atom is -0.325 e. The van der Waals surface area contributed by atoms with Crippen molar-refractivity contribution < 1.29 is 13.2 Å². The number of aryl methyl sites for hydroxylation is 1. The number of thiazole rings is 1. The van der Waals surface area contributed by atoms with Crippen LogP contribution in [0.5, 0.6) is 0 Å². The topological polar surface area (TPSA) is 104 Å². The summed E-state index contributed by atoms with van der Waals surface area (Å²) in [5.41, 5.74) is 1.38. The minimum atomic E-state index is -3.75. The molecule has 0 aliphatic carbocycles. The van der Waals surface area contributed by atoms with Gasteiger partial charge in [0.15, 0.2) is 0 Å². The Hall–Kier alpha value is -2.30. The molecule has 0 bridgehead atoms. The van der Waals surface area contributed by atoms with Crippen molar-refractivity contribution in [2.24, 2.45) is 4.99 Å². The van der Waals surface area contributed by atoms with Crippen molar-refractivity contribution in [2.45, 2.75) is 50.5 Å². The molecule has 0 fully saturated rings. The number of likely N-dealkylation sites (N-methyl/N-ethyl adjacent to an activating group) is 1. The van der Waals surface area contributed by atoms with Gasteiger partial charge in [0.1, 0.15) is 5.84 Å². The third-order valence-electron chi connectivity index (χ3n) is 4.80. The van der Waals surface area contributed by atoms with Crippen molar-refractivity contribution in [3.05, 3.63) is 40.3 Å². The fourth-order valence-corrected chi connectivity index (χ4v) is 5.14. The largest absolute Gasteiger partial charge is 0.325 e. The van der Waals surface area contributed by atoms with Gasteiger partial charge in [0.05, 0.1) is 22.1 Å². The van der Waals surface area contributed by atoms with Gasteiger partial charge in [0.2, 0.25) is 5.91 Å². The van der Waals surface area contributed by atoms with Crippen molar-refractivity contribution in [1.82, 2.24) is 14.6 Å². The van der Waals surface area contributed by atoms with E-state index in [1.54, 1.807) is 23.5 Å². The van der Waals surface area contributed by atoms with Crippen LogP contribution in [-0.4, -0.2) is 50.2 Å². The zero-order valence-corrected chi connectivity index (χ0v) is 19.6. The number of hydrogen-bond donors (Lipinski definition) is 2. The Kier molecular flexibility index (Phi) is 8.16. The predicted octanol–water partition coefficient (Wildman–Crippen LogP) is 3.03. The normalized spacial score (nSPS) is 14.7. The number of carbonyl (C=O) groups excluding carboxylic acids is 1. The quantitative estimate of drug-likeness (QED) is 0.626. The van der Waals surface area contributed by atoms with Crippen LogP contribution >= 0.6 is 11.3 Å². The number of hydrogen-bond acceptors (Lipinski definition) is 7. The summed E-state index contributed by atoms with van der Waals surface area (Å²) in [7, 11) is -1.90. The number of benzene rings is 1. The van der Waals surface area contributed by atoms with Gasteiger partial charge < -0.3 is 5.32 Å². The summed E-state index contributed by atoms with van der Waals surface area (Å²) in [4.78, 5) is 23.2. The molecule has 0 saturated heterocycles. The fourth-order valence-electron chi connectivity index (χ4n) is 3.27. The number of aliphatic imine (C=N–C) groups is 1. The second-order valence-electron chi connectivity index (χ2n) is 7.58. The van der Waals surface area contributed by atoms with Crippen LogP contribution in [0, 0.1) is 0 Å². The summed E-state index contributed by atoms with van der Waals surface area (Å²) >= 11 is 1.62. The van der Waals surface area contributed by atoms with Crippen molar-refractivity contribution in [3.8, 4) is 0 Å². The first-order valence-corrected chi connectivity index (χ1v) is 12.8. The Morgan fingerprint density at radius 3 is 2.87 bits per heavy atom. The van der Waals surface area contributed by atoms with Crippen molar-refractivity contribution in [3.63, 3.8) is 0 Å². The molecule has 1 aromatic heterocycles. The zero-order valence-electron chi connectivity index (χ0n) is 17.9. The van der Waals surface area contributed by atoms with Gasteiger partial charge >= 0.3 is 0 Å². The molecular weight excluding hydrogens is 434 g/mol. The van der Waals surface area contributed by atoms with E-state index in [0.29, 0.717) is 31.0 Å². The molecule has 0 spiro atoms. The molecular formula is C21H29N5O3S2. The number of aromatic nitrogens is 1. The van der Waals surface area contributed by atoms with Gasteiger partial charge in [-0.3, -0.25) is 19.4 Å². The molecule has 3 rings (SSSR count). The molecule has 0 unspecified atom stereocenters. The molecule has 2 aromatic rings. The highest BCUT2D eigenvalue weighted by Crippen LogP contribution is 2.17. The van der Waals surface area contributed by atoms with E-state index < -0.39 is 10.0 Å². The summed E-state index contributed by atoms with van der Waals surface area (Å²) in [5.74, 6) is 0.283. The van der Waals surface area contributed by atoms with Gasteiger partial charge in [-0.05, 0) is 44.5 Å². The maximum Gasteiger partial charge on any atom is 0.262 e. The number of carbonyl (C=O) groups is 1. The van der Waals surface area contributed by atoms with E-state index >= 15 is 0 Å². The number of amides is 1. The average Bonchev–Trinajstić information content (AvgIpc) is 3.02. The molecule has 1 aliphatic heterocycles. The number of anilines is 1. The monoisotopic (exact) mass is 463 g/mol. The van der Waals surface area contributed by atoms with E-state index in [-0.39, 0.29) is 17.3 Å². The SMILES string of the molecule is CCc1nc(CN(C)CC(=O)Nc2cccc(S(=O)(=O)NC3=NCCCCC3)c2)cs1. The molecule has 8 nitrogen and oxygen atoms in total. The van der Waals surface area contributed by atoms with E-state index in [9.17, 15) is 13.2 Å². The van der Waals surface area contributed by atoms with Gasteiger partial charge in [-0.25, -0.2) is 13.4 Å². The van der Waals surface area contributed by atoms with Crippen molar-refractivity contribution in [2.75, 3.05) is 25.5 Å². The minimum absolute atomic E-state index is 0.0974. The number of amidine groups is 1. The zero-order chi connectivity index (χ0) is 22.3. The number of sulfonamides is 1. The van der Waals surface area contributed by atoms with E-state index in [1.807, 2.05) is 17.3 Å². The van der Waals surface area contributed by atoms with Crippen LogP contribution in [0.15, 0.2) is 39.5 Å². The lowest BCUT2D eigenvalue weighted by Gasteiger charge is -2.15. The molecule has 1 aromatic carbocycles. The molecule has 1 aliphatic rings. The van der Waals surface area contributed by atoms with Crippen molar-refractivity contribution >= 4 is 38.8 Å². The van der Waals surface area contributed by atoms with E-state index in [4.69, 9.17) is 0 Å². The molecule has 2 N–H and O–H groups in total. The average molecular weight is 464 g/mol. The molecule has 2 heterocycles. The first-order chi connectivity index (χ1) is 14.9. The smallest absolute Gasteiger partial charge is 0.262 e. The Morgan fingerprint density at radius 2 is 2.10 bits per heavy atom. The predicted molar refractivity (Wildman–Crippen MR) is 124 cm³/mol. The molecule has 0 radical (unpaired) electrons. The lowest BCUT2D eigenvalue weighted by molar-refractivity contribution is -0.117. The van der Waals surface area contributed by atoms with Crippen LogP contribution in [0.1, 0.15) is 43.3 Å². The van der Waals surface area contributed by atoms with Crippen LogP contribution in [-0.2, 0) is 27.8 Å². The maximum atomic E-state index is 12.7. The van der Waals surface area contributed by atoms with E-state index in [2.05, 4.69) is 26.9 Å².